The number of thiazole rings is 1. The van der Waals surface area contributed by atoms with E-state index in [0.29, 0.717) is 11.7 Å². The van der Waals surface area contributed by atoms with Crippen LogP contribution in [0.4, 0.5) is 5.13 Å². The smallest absolute Gasteiger partial charge is 0.250 e. The molecule has 1 aromatic carbocycles. The zero-order valence-electron chi connectivity index (χ0n) is 12.2. The van der Waals surface area contributed by atoms with E-state index in [0.717, 1.165) is 16.0 Å². The number of anilines is 1. The van der Waals surface area contributed by atoms with Gasteiger partial charge >= 0.3 is 0 Å². The molecule has 3 aromatic rings. The summed E-state index contributed by atoms with van der Waals surface area (Å²) in [6.45, 7) is 4.31. The van der Waals surface area contributed by atoms with E-state index in [-0.39, 0.29) is 5.91 Å². The Kier molecular flexibility index (Phi) is 4.01. The molecule has 2 heterocycles. The lowest BCUT2D eigenvalue weighted by atomic mass is 10.3. The van der Waals surface area contributed by atoms with Crippen molar-refractivity contribution in [3.05, 3.63) is 30.9 Å². The number of amides is 1. The number of ether oxygens (including phenoxy) is 1. The number of rotatable bonds is 5. The van der Waals surface area contributed by atoms with Gasteiger partial charge in [-0.1, -0.05) is 11.3 Å². The van der Waals surface area contributed by atoms with Gasteiger partial charge in [-0.2, -0.15) is 5.10 Å². The largest absolute Gasteiger partial charge is 0.494 e. The molecule has 1 amide bonds. The highest BCUT2D eigenvalue weighted by Crippen LogP contribution is 2.29. The number of carbonyl (C=O) groups excluding carboxylic acids is 1. The van der Waals surface area contributed by atoms with E-state index in [4.69, 9.17) is 4.74 Å². The summed E-state index contributed by atoms with van der Waals surface area (Å²) in [5, 5.41) is 7.33. The van der Waals surface area contributed by atoms with Gasteiger partial charge in [0.2, 0.25) is 0 Å². The number of aromatic nitrogens is 4. The normalized spacial score (nSPS) is 12.3. The van der Waals surface area contributed by atoms with E-state index in [9.17, 15) is 4.79 Å². The molecule has 7 nitrogen and oxygen atoms in total. The Balaban J connectivity index is 1.77. The molecular formula is C14H15N5O2S. The van der Waals surface area contributed by atoms with Crippen LogP contribution in [0.25, 0.3) is 10.2 Å². The van der Waals surface area contributed by atoms with Crippen LogP contribution in [0.5, 0.6) is 5.75 Å². The molecular weight excluding hydrogens is 302 g/mol. The summed E-state index contributed by atoms with van der Waals surface area (Å²) in [7, 11) is 0. The maximum Gasteiger partial charge on any atom is 0.250 e. The van der Waals surface area contributed by atoms with Crippen LogP contribution in [-0.4, -0.2) is 32.3 Å². The molecule has 0 radical (unpaired) electrons. The third-order valence-electron chi connectivity index (χ3n) is 3.11. The predicted molar refractivity (Wildman–Crippen MR) is 84.2 cm³/mol. The summed E-state index contributed by atoms with van der Waals surface area (Å²) in [5.74, 6) is 0.613. The molecule has 0 saturated heterocycles. The fourth-order valence-corrected chi connectivity index (χ4v) is 2.86. The van der Waals surface area contributed by atoms with Crippen molar-refractivity contribution in [3.63, 3.8) is 0 Å². The van der Waals surface area contributed by atoms with Crippen molar-refractivity contribution in [2.24, 2.45) is 0 Å². The lowest BCUT2D eigenvalue weighted by molar-refractivity contribution is -0.119. The lowest BCUT2D eigenvalue weighted by Crippen LogP contribution is -2.23. The summed E-state index contributed by atoms with van der Waals surface area (Å²) < 4.78 is 7.93. The SMILES string of the molecule is CCOc1ccc2nc(NC(=O)[C@H](C)n3cncn3)sc2c1. The Hall–Kier alpha value is -2.48. The average molecular weight is 317 g/mol. The summed E-state index contributed by atoms with van der Waals surface area (Å²) >= 11 is 1.41. The highest BCUT2D eigenvalue weighted by molar-refractivity contribution is 7.22. The number of hydrogen-bond acceptors (Lipinski definition) is 6. The monoisotopic (exact) mass is 317 g/mol. The van der Waals surface area contributed by atoms with Gasteiger partial charge in [0.15, 0.2) is 5.13 Å². The van der Waals surface area contributed by atoms with Gasteiger partial charge in [0.25, 0.3) is 5.91 Å². The van der Waals surface area contributed by atoms with Crippen molar-refractivity contribution in [2.75, 3.05) is 11.9 Å². The second-order valence-electron chi connectivity index (χ2n) is 4.62. The summed E-state index contributed by atoms with van der Waals surface area (Å²) in [6.07, 6.45) is 2.91. The highest BCUT2D eigenvalue weighted by atomic mass is 32.1. The number of hydrogen-bond donors (Lipinski definition) is 1. The molecule has 3 rings (SSSR count). The van der Waals surface area contributed by atoms with Crippen molar-refractivity contribution in [3.8, 4) is 5.75 Å². The van der Waals surface area contributed by atoms with E-state index < -0.39 is 6.04 Å². The minimum atomic E-state index is -0.450. The fourth-order valence-electron chi connectivity index (χ4n) is 1.96. The molecule has 1 N–H and O–H groups in total. The molecule has 1 atom stereocenters. The molecule has 2 aromatic heterocycles. The number of benzene rings is 1. The standard InChI is InChI=1S/C14H15N5O2S/c1-3-21-10-4-5-11-12(6-10)22-14(17-11)18-13(20)9(2)19-8-15-7-16-19/h4-9H,3H2,1-2H3,(H,17,18,20)/t9-/m0/s1. The van der Waals surface area contributed by atoms with Crippen LogP contribution in [0.15, 0.2) is 30.9 Å². The fraction of sp³-hybridized carbons (Fsp3) is 0.286. The van der Waals surface area contributed by atoms with Gasteiger partial charge in [0.1, 0.15) is 24.4 Å². The third kappa shape index (κ3) is 2.91. The van der Waals surface area contributed by atoms with Crippen molar-refractivity contribution in [1.82, 2.24) is 19.7 Å². The van der Waals surface area contributed by atoms with Crippen LogP contribution in [-0.2, 0) is 4.79 Å². The Morgan fingerprint density at radius 3 is 3.09 bits per heavy atom. The van der Waals surface area contributed by atoms with E-state index in [1.54, 1.807) is 6.92 Å². The van der Waals surface area contributed by atoms with Crippen LogP contribution >= 0.6 is 11.3 Å². The van der Waals surface area contributed by atoms with Gasteiger partial charge < -0.3 is 10.1 Å². The van der Waals surface area contributed by atoms with Crippen LogP contribution in [0, 0.1) is 0 Å². The molecule has 0 bridgehead atoms. The zero-order chi connectivity index (χ0) is 15.5. The molecule has 0 aliphatic heterocycles. The van der Waals surface area contributed by atoms with Crippen molar-refractivity contribution < 1.29 is 9.53 Å². The molecule has 0 spiro atoms. The first kappa shape index (κ1) is 14.5. The van der Waals surface area contributed by atoms with Crippen LogP contribution in [0.2, 0.25) is 0 Å². The molecule has 8 heteroatoms. The quantitative estimate of drug-likeness (QED) is 0.782. The molecule has 0 saturated carbocycles. The molecule has 22 heavy (non-hydrogen) atoms. The van der Waals surface area contributed by atoms with E-state index >= 15 is 0 Å². The Morgan fingerprint density at radius 1 is 1.50 bits per heavy atom. The van der Waals surface area contributed by atoms with Gasteiger partial charge in [-0.15, -0.1) is 0 Å². The number of fused-ring (bicyclic) bond motifs is 1. The molecule has 0 fully saturated rings. The van der Waals surface area contributed by atoms with E-state index in [1.165, 1.54) is 28.7 Å². The van der Waals surface area contributed by atoms with Gasteiger partial charge in [0, 0.05) is 0 Å². The van der Waals surface area contributed by atoms with Crippen LogP contribution in [0.3, 0.4) is 0 Å². The van der Waals surface area contributed by atoms with E-state index in [2.05, 4.69) is 20.4 Å². The third-order valence-corrected chi connectivity index (χ3v) is 4.05. The number of nitrogens with zero attached hydrogens (tertiary/aromatic N) is 4. The van der Waals surface area contributed by atoms with Gasteiger partial charge in [-0.3, -0.25) is 4.79 Å². The minimum absolute atomic E-state index is 0.186. The van der Waals surface area contributed by atoms with Crippen molar-refractivity contribution in [1.29, 1.82) is 0 Å². The summed E-state index contributed by atoms with van der Waals surface area (Å²) in [4.78, 5) is 20.4. The zero-order valence-corrected chi connectivity index (χ0v) is 13.0. The van der Waals surface area contributed by atoms with Crippen molar-refractivity contribution >= 4 is 32.6 Å². The van der Waals surface area contributed by atoms with Crippen molar-refractivity contribution in [2.45, 2.75) is 19.9 Å². The topological polar surface area (TPSA) is 81.9 Å². The maximum atomic E-state index is 12.2. The number of carbonyl (C=O) groups is 1. The predicted octanol–water partition coefficient (Wildman–Crippen LogP) is 2.49. The Bertz CT molecular complexity index is 784. The summed E-state index contributed by atoms with van der Waals surface area (Å²) in [5.41, 5.74) is 0.831. The first-order chi connectivity index (χ1) is 10.7. The first-order valence-electron chi connectivity index (χ1n) is 6.85. The Labute approximate surface area is 131 Å². The van der Waals surface area contributed by atoms with Crippen LogP contribution in [0.1, 0.15) is 19.9 Å². The molecule has 0 aliphatic carbocycles. The van der Waals surface area contributed by atoms with Gasteiger partial charge in [-0.05, 0) is 32.0 Å². The number of nitrogens with one attached hydrogen (secondary N) is 1. The lowest BCUT2D eigenvalue weighted by Gasteiger charge is -2.09. The molecule has 0 unspecified atom stereocenters. The van der Waals surface area contributed by atoms with Crippen LogP contribution < -0.4 is 10.1 Å². The second-order valence-corrected chi connectivity index (χ2v) is 5.65. The van der Waals surface area contributed by atoms with Gasteiger partial charge in [0.05, 0.1) is 16.8 Å². The minimum Gasteiger partial charge on any atom is -0.494 e. The Morgan fingerprint density at radius 2 is 2.36 bits per heavy atom. The second kappa shape index (κ2) is 6.10. The maximum absolute atomic E-state index is 12.2. The van der Waals surface area contributed by atoms with E-state index in [1.807, 2.05) is 25.1 Å². The highest BCUT2D eigenvalue weighted by Gasteiger charge is 2.17. The average Bonchev–Trinajstić information content (AvgIpc) is 3.15. The first-order valence-corrected chi connectivity index (χ1v) is 7.67. The summed E-state index contributed by atoms with van der Waals surface area (Å²) in [6, 6.07) is 5.23. The molecule has 0 aliphatic rings. The molecule has 114 valence electrons. The van der Waals surface area contributed by atoms with Gasteiger partial charge in [-0.25, -0.2) is 14.6 Å².